The molecule has 2 atom stereocenters. The summed E-state index contributed by atoms with van der Waals surface area (Å²) in [6.45, 7) is 6.94. The van der Waals surface area contributed by atoms with Gasteiger partial charge >= 0.3 is 6.09 Å². The highest BCUT2D eigenvalue weighted by Crippen LogP contribution is 2.29. The van der Waals surface area contributed by atoms with Crippen LogP contribution in [0.25, 0.3) is 0 Å². The third-order valence-corrected chi connectivity index (χ3v) is 5.62. The van der Waals surface area contributed by atoms with Crippen LogP contribution in [0.3, 0.4) is 0 Å². The summed E-state index contributed by atoms with van der Waals surface area (Å²) in [7, 11) is 0. The second-order valence-electron chi connectivity index (χ2n) is 8.98. The maximum absolute atomic E-state index is 12.9. The van der Waals surface area contributed by atoms with Gasteiger partial charge in [0.15, 0.2) is 0 Å². The van der Waals surface area contributed by atoms with Gasteiger partial charge in [-0.05, 0) is 63.3 Å². The highest BCUT2D eigenvalue weighted by molar-refractivity contribution is 5.69. The molecule has 154 valence electrons. The molecule has 1 aliphatic heterocycles. The van der Waals surface area contributed by atoms with E-state index in [-0.39, 0.29) is 18.2 Å². The predicted molar refractivity (Wildman–Crippen MR) is 111 cm³/mol. The Labute approximate surface area is 172 Å². The largest absolute Gasteiger partial charge is 0.444 e. The summed E-state index contributed by atoms with van der Waals surface area (Å²) >= 11 is 0. The van der Waals surface area contributed by atoms with Gasteiger partial charge in [0.05, 0.1) is 18.3 Å². The molecule has 0 saturated carbocycles. The normalized spacial score (nSPS) is 21.3. The number of hydrogen-bond acceptors (Lipinski definition) is 5. The zero-order valence-corrected chi connectivity index (χ0v) is 17.5. The Morgan fingerprint density at radius 2 is 1.97 bits per heavy atom. The van der Waals surface area contributed by atoms with Crippen LogP contribution in [0, 0.1) is 0 Å². The van der Waals surface area contributed by atoms with Crippen LogP contribution in [0.1, 0.15) is 62.2 Å². The number of hydrogen-bond donors (Lipinski definition) is 1. The van der Waals surface area contributed by atoms with Crippen molar-refractivity contribution in [3.8, 4) is 0 Å². The lowest BCUT2D eigenvalue weighted by molar-refractivity contribution is 0.0114. The number of carbonyl (C=O) groups is 1. The van der Waals surface area contributed by atoms with Gasteiger partial charge in [-0.25, -0.2) is 4.79 Å². The van der Waals surface area contributed by atoms with Gasteiger partial charge in [-0.3, -0.25) is 14.9 Å². The highest BCUT2D eigenvalue weighted by Gasteiger charge is 2.34. The summed E-state index contributed by atoms with van der Waals surface area (Å²) in [4.78, 5) is 24.0. The van der Waals surface area contributed by atoms with Gasteiger partial charge in [0.1, 0.15) is 5.60 Å². The molecule has 6 nitrogen and oxygen atoms in total. The Morgan fingerprint density at radius 3 is 2.76 bits per heavy atom. The molecule has 3 heterocycles. The maximum atomic E-state index is 12.9. The average molecular weight is 395 g/mol. The smallest absolute Gasteiger partial charge is 0.410 e. The van der Waals surface area contributed by atoms with Crippen LogP contribution in [0.4, 0.5) is 4.79 Å². The molecule has 0 unspecified atom stereocenters. The van der Waals surface area contributed by atoms with Gasteiger partial charge in [0.2, 0.25) is 0 Å². The molecule has 0 radical (unpaired) electrons. The molecular weight excluding hydrogens is 364 g/mol. The Balaban J connectivity index is 1.51. The number of rotatable bonds is 3. The first-order chi connectivity index (χ1) is 13.9. The Bertz CT molecular complexity index is 877. The molecule has 2 aromatic rings. The van der Waals surface area contributed by atoms with Crippen molar-refractivity contribution in [1.82, 2.24) is 20.2 Å². The van der Waals surface area contributed by atoms with Crippen LogP contribution in [-0.2, 0) is 24.1 Å². The SMILES string of the molecule is CC(C)(C)OC(=O)N1Cc2cccnc2C[C@H]1CN[C@H]1CCCc2cccnc21. The quantitative estimate of drug-likeness (QED) is 0.858. The molecule has 29 heavy (non-hydrogen) atoms. The van der Waals surface area contributed by atoms with E-state index in [0.29, 0.717) is 13.1 Å². The molecule has 2 aromatic heterocycles. The maximum Gasteiger partial charge on any atom is 0.410 e. The molecular formula is C23H30N4O2. The van der Waals surface area contributed by atoms with Gasteiger partial charge < -0.3 is 10.1 Å². The number of fused-ring (bicyclic) bond motifs is 2. The summed E-state index contributed by atoms with van der Waals surface area (Å²) in [5.41, 5.74) is 4.13. The number of aryl methyl sites for hydroxylation is 1. The lowest BCUT2D eigenvalue weighted by Gasteiger charge is -2.38. The van der Waals surface area contributed by atoms with Crippen LogP contribution >= 0.6 is 0 Å². The van der Waals surface area contributed by atoms with Crippen molar-refractivity contribution in [1.29, 1.82) is 0 Å². The fourth-order valence-electron chi connectivity index (χ4n) is 4.25. The van der Waals surface area contributed by atoms with E-state index >= 15 is 0 Å². The summed E-state index contributed by atoms with van der Waals surface area (Å²) in [6, 6.07) is 8.38. The van der Waals surface area contributed by atoms with Gasteiger partial charge in [0, 0.05) is 37.1 Å². The van der Waals surface area contributed by atoms with E-state index in [9.17, 15) is 4.79 Å². The average Bonchev–Trinajstić information content (AvgIpc) is 2.70. The molecule has 6 heteroatoms. The Kier molecular flexibility index (Phi) is 5.54. The van der Waals surface area contributed by atoms with Crippen molar-refractivity contribution >= 4 is 6.09 Å². The summed E-state index contributed by atoms with van der Waals surface area (Å²) < 4.78 is 5.70. The zero-order valence-electron chi connectivity index (χ0n) is 17.5. The Morgan fingerprint density at radius 1 is 1.21 bits per heavy atom. The minimum atomic E-state index is -0.517. The number of amides is 1. The molecule has 1 aliphatic carbocycles. The number of nitrogens with zero attached hydrogens (tertiary/aromatic N) is 3. The van der Waals surface area contributed by atoms with Crippen LogP contribution < -0.4 is 5.32 Å². The topological polar surface area (TPSA) is 67.3 Å². The fraction of sp³-hybridized carbons (Fsp3) is 0.522. The summed E-state index contributed by atoms with van der Waals surface area (Å²) in [6.07, 6.45) is 7.47. The summed E-state index contributed by atoms with van der Waals surface area (Å²) in [5.74, 6) is 0. The van der Waals surface area contributed by atoms with E-state index in [4.69, 9.17) is 4.74 Å². The minimum absolute atomic E-state index is 0.00124. The standard InChI is InChI=1S/C23H30N4O2/c1-23(2,3)29-22(28)27-15-17-9-6-11-24-20(17)13-18(27)14-26-19-10-4-7-16-8-5-12-25-21(16)19/h5-6,8-9,11-12,18-19,26H,4,7,10,13-15H2,1-3H3/t18-,19-/m0/s1. The van der Waals surface area contributed by atoms with Gasteiger partial charge in [-0.1, -0.05) is 12.1 Å². The van der Waals surface area contributed by atoms with Crippen molar-refractivity contribution in [2.24, 2.45) is 0 Å². The first-order valence-electron chi connectivity index (χ1n) is 10.5. The van der Waals surface area contributed by atoms with Gasteiger partial charge in [-0.15, -0.1) is 0 Å². The molecule has 4 rings (SSSR count). The molecule has 0 fully saturated rings. The number of pyridine rings is 2. The molecule has 0 spiro atoms. The van der Waals surface area contributed by atoms with Gasteiger partial charge in [-0.2, -0.15) is 0 Å². The van der Waals surface area contributed by atoms with E-state index in [2.05, 4.69) is 21.4 Å². The number of aromatic nitrogens is 2. The minimum Gasteiger partial charge on any atom is -0.444 e. The van der Waals surface area contributed by atoms with E-state index < -0.39 is 5.60 Å². The van der Waals surface area contributed by atoms with Crippen LogP contribution in [0.2, 0.25) is 0 Å². The van der Waals surface area contributed by atoms with Crippen molar-refractivity contribution in [2.75, 3.05) is 6.54 Å². The van der Waals surface area contributed by atoms with E-state index in [1.54, 1.807) is 0 Å². The van der Waals surface area contributed by atoms with Crippen LogP contribution in [0.5, 0.6) is 0 Å². The zero-order chi connectivity index (χ0) is 20.4. The molecule has 0 bridgehead atoms. The first kappa shape index (κ1) is 19.8. The van der Waals surface area contributed by atoms with Gasteiger partial charge in [0.25, 0.3) is 0 Å². The van der Waals surface area contributed by atoms with Crippen molar-refractivity contribution < 1.29 is 9.53 Å². The fourth-order valence-corrected chi connectivity index (χ4v) is 4.25. The molecule has 0 saturated heterocycles. The third-order valence-electron chi connectivity index (χ3n) is 5.62. The number of ether oxygens (including phenoxy) is 1. The number of carbonyl (C=O) groups excluding carboxylic acids is 1. The Hall–Kier alpha value is -2.47. The molecule has 0 aromatic carbocycles. The third kappa shape index (κ3) is 4.58. The predicted octanol–water partition coefficient (Wildman–Crippen LogP) is 3.81. The van der Waals surface area contributed by atoms with E-state index in [0.717, 1.165) is 42.6 Å². The summed E-state index contributed by atoms with van der Waals surface area (Å²) in [5, 5.41) is 3.69. The van der Waals surface area contributed by atoms with Crippen molar-refractivity contribution in [3.05, 3.63) is 59.2 Å². The van der Waals surface area contributed by atoms with E-state index in [1.807, 2.05) is 56.3 Å². The van der Waals surface area contributed by atoms with Crippen molar-refractivity contribution in [2.45, 2.75) is 70.7 Å². The van der Waals surface area contributed by atoms with E-state index in [1.165, 1.54) is 5.56 Å². The molecule has 1 amide bonds. The number of nitrogens with one attached hydrogen (secondary N) is 1. The monoisotopic (exact) mass is 394 g/mol. The van der Waals surface area contributed by atoms with Crippen LogP contribution in [0.15, 0.2) is 36.7 Å². The van der Waals surface area contributed by atoms with Crippen molar-refractivity contribution in [3.63, 3.8) is 0 Å². The lowest BCUT2D eigenvalue weighted by atomic mass is 9.91. The lowest BCUT2D eigenvalue weighted by Crippen LogP contribution is -2.51. The second-order valence-corrected chi connectivity index (χ2v) is 8.98. The molecule has 2 aliphatic rings. The molecule has 1 N–H and O–H groups in total. The van der Waals surface area contributed by atoms with Crippen LogP contribution in [-0.4, -0.2) is 39.1 Å². The second kappa shape index (κ2) is 8.11. The first-order valence-corrected chi connectivity index (χ1v) is 10.5. The highest BCUT2D eigenvalue weighted by atomic mass is 16.6.